The summed E-state index contributed by atoms with van der Waals surface area (Å²) >= 11 is 0. The molecular formula is C9H18N4O3S. The molecule has 1 fully saturated rings. The summed E-state index contributed by atoms with van der Waals surface area (Å²) < 4.78 is 29.8. The molecule has 8 heteroatoms. The highest BCUT2D eigenvalue weighted by molar-refractivity contribution is 7.89. The molecule has 2 aliphatic rings. The zero-order chi connectivity index (χ0) is 12.3. The maximum absolute atomic E-state index is 11.0. The second kappa shape index (κ2) is 5.19. The van der Waals surface area contributed by atoms with Crippen molar-refractivity contribution in [3.8, 4) is 0 Å². The SMILES string of the molecule is CS(=O)(=O)NC1=NCN(C[C@@H]2CCCO2)CN1. The summed E-state index contributed by atoms with van der Waals surface area (Å²) in [6.07, 6.45) is 3.61. The molecule has 0 aliphatic carbocycles. The molecule has 2 rings (SSSR count). The Hall–Kier alpha value is -0.860. The van der Waals surface area contributed by atoms with Gasteiger partial charge in [-0.1, -0.05) is 0 Å². The smallest absolute Gasteiger partial charge is 0.232 e. The van der Waals surface area contributed by atoms with E-state index in [0.717, 1.165) is 32.2 Å². The Morgan fingerprint density at radius 2 is 2.47 bits per heavy atom. The van der Waals surface area contributed by atoms with E-state index in [0.29, 0.717) is 19.3 Å². The molecule has 0 aromatic carbocycles. The number of aliphatic imine (C=N–C) groups is 1. The van der Waals surface area contributed by atoms with Crippen LogP contribution in [0, 0.1) is 0 Å². The molecule has 2 N–H and O–H groups in total. The predicted molar refractivity (Wildman–Crippen MR) is 64.0 cm³/mol. The van der Waals surface area contributed by atoms with Gasteiger partial charge in [0.1, 0.15) is 0 Å². The van der Waals surface area contributed by atoms with E-state index in [1.165, 1.54) is 0 Å². The van der Waals surface area contributed by atoms with Crippen molar-refractivity contribution in [2.24, 2.45) is 4.99 Å². The van der Waals surface area contributed by atoms with Crippen molar-refractivity contribution >= 4 is 16.0 Å². The van der Waals surface area contributed by atoms with Crippen molar-refractivity contribution in [1.82, 2.24) is 14.9 Å². The van der Waals surface area contributed by atoms with Gasteiger partial charge in [0.15, 0.2) is 0 Å². The quantitative estimate of drug-likeness (QED) is 0.674. The van der Waals surface area contributed by atoms with Gasteiger partial charge in [-0.05, 0) is 12.8 Å². The molecule has 0 saturated carbocycles. The van der Waals surface area contributed by atoms with Crippen LogP contribution in [0.2, 0.25) is 0 Å². The molecular weight excluding hydrogens is 244 g/mol. The summed E-state index contributed by atoms with van der Waals surface area (Å²) in [6, 6.07) is 0. The summed E-state index contributed by atoms with van der Waals surface area (Å²) in [5.74, 6) is 0.316. The molecule has 0 amide bonds. The van der Waals surface area contributed by atoms with Crippen LogP contribution < -0.4 is 10.0 Å². The standard InChI is InChI=1S/C9H18N4O3S/c1-17(14,15)12-9-10-6-13(7-11-9)5-8-3-2-4-16-8/h8H,2-7H2,1H3,(H2,10,11,12)/t8-/m0/s1. The van der Waals surface area contributed by atoms with Crippen molar-refractivity contribution < 1.29 is 13.2 Å². The van der Waals surface area contributed by atoms with Crippen LogP contribution in [0.3, 0.4) is 0 Å². The monoisotopic (exact) mass is 262 g/mol. The summed E-state index contributed by atoms with van der Waals surface area (Å²) in [7, 11) is -3.25. The average molecular weight is 262 g/mol. The number of rotatable bonds is 3. The molecule has 0 unspecified atom stereocenters. The molecule has 0 aromatic heterocycles. The fourth-order valence-corrected chi connectivity index (χ4v) is 2.39. The number of nitrogens with one attached hydrogen (secondary N) is 2. The molecule has 2 heterocycles. The molecule has 0 spiro atoms. The lowest BCUT2D eigenvalue weighted by Crippen LogP contribution is -2.51. The van der Waals surface area contributed by atoms with Crippen LogP contribution in [0.4, 0.5) is 0 Å². The number of guanidine groups is 1. The summed E-state index contributed by atoms with van der Waals surface area (Å²) in [6.45, 7) is 2.75. The third kappa shape index (κ3) is 4.14. The first-order chi connectivity index (χ1) is 8.03. The second-order valence-electron chi connectivity index (χ2n) is 4.35. The van der Waals surface area contributed by atoms with Gasteiger partial charge in [-0.2, -0.15) is 0 Å². The first-order valence-corrected chi connectivity index (χ1v) is 7.52. The molecule has 17 heavy (non-hydrogen) atoms. The Labute approximate surface area is 101 Å². The topological polar surface area (TPSA) is 83.0 Å². The van der Waals surface area contributed by atoms with E-state index in [2.05, 4.69) is 19.9 Å². The van der Waals surface area contributed by atoms with Crippen molar-refractivity contribution in [2.75, 3.05) is 32.7 Å². The van der Waals surface area contributed by atoms with E-state index in [-0.39, 0.29) is 6.10 Å². The number of nitrogens with zero attached hydrogens (tertiary/aromatic N) is 2. The van der Waals surface area contributed by atoms with Gasteiger partial charge in [0.2, 0.25) is 16.0 Å². The lowest BCUT2D eigenvalue weighted by Gasteiger charge is -2.28. The summed E-state index contributed by atoms with van der Waals surface area (Å²) in [4.78, 5) is 6.21. The molecule has 0 aromatic rings. The van der Waals surface area contributed by atoms with Crippen LogP contribution in [0.5, 0.6) is 0 Å². The van der Waals surface area contributed by atoms with Crippen molar-refractivity contribution in [3.05, 3.63) is 0 Å². The van der Waals surface area contributed by atoms with E-state index in [4.69, 9.17) is 4.74 Å². The maximum atomic E-state index is 11.0. The summed E-state index contributed by atoms with van der Waals surface area (Å²) in [5.41, 5.74) is 0. The van der Waals surface area contributed by atoms with Gasteiger partial charge >= 0.3 is 0 Å². The molecule has 1 atom stereocenters. The Bertz CT molecular complexity index is 389. The highest BCUT2D eigenvalue weighted by Gasteiger charge is 2.21. The van der Waals surface area contributed by atoms with Crippen molar-refractivity contribution in [3.63, 3.8) is 0 Å². The zero-order valence-corrected chi connectivity index (χ0v) is 10.7. The van der Waals surface area contributed by atoms with Crippen LogP contribution in [0.15, 0.2) is 4.99 Å². The first kappa shape index (κ1) is 12.6. The Morgan fingerprint density at radius 1 is 1.65 bits per heavy atom. The van der Waals surface area contributed by atoms with Gasteiger partial charge in [0, 0.05) is 13.2 Å². The highest BCUT2D eigenvalue weighted by atomic mass is 32.2. The van der Waals surface area contributed by atoms with Crippen molar-refractivity contribution in [1.29, 1.82) is 0 Å². The lowest BCUT2D eigenvalue weighted by molar-refractivity contribution is 0.0714. The minimum absolute atomic E-state index is 0.288. The largest absolute Gasteiger partial charge is 0.377 e. The predicted octanol–water partition coefficient (Wildman–Crippen LogP) is -1.11. The van der Waals surface area contributed by atoms with E-state index >= 15 is 0 Å². The third-order valence-corrected chi connectivity index (χ3v) is 3.23. The van der Waals surface area contributed by atoms with E-state index in [9.17, 15) is 8.42 Å². The maximum Gasteiger partial charge on any atom is 0.232 e. The minimum Gasteiger partial charge on any atom is -0.377 e. The van der Waals surface area contributed by atoms with Gasteiger partial charge in [0.25, 0.3) is 0 Å². The molecule has 7 nitrogen and oxygen atoms in total. The van der Waals surface area contributed by atoms with E-state index in [1.54, 1.807) is 0 Å². The van der Waals surface area contributed by atoms with Crippen molar-refractivity contribution in [2.45, 2.75) is 18.9 Å². The van der Waals surface area contributed by atoms with Gasteiger partial charge < -0.3 is 10.1 Å². The van der Waals surface area contributed by atoms with Gasteiger partial charge in [-0.15, -0.1) is 0 Å². The van der Waals surface area contributed by atoms with Crippen LogP contribution in [0.1, 0.15) is 12.8 Å². The van der Waals surface area contributed by atoms with Gasteiger partial charge in [0.05, 0.1) is 25.7 Å². The molecule has 0 radical (unpaired) electrons. The highest BCUT2D eigenvalue weighted by Crippen LogP contribution is 2.13. The van der Waals surface area contributed by atoms with E-state index < -0.39 is 10.0 Å². The van der Waals surface area contributed by atoms with Crippen LogP contribution >= 0.6 is 0 Å². The normalized spacial score (nSPS) is 26.4. The number of hydrogen-bond donors (Lipinski definition) is 2. The summed E-state index contributed by atoms with van der Waals surface area (Å²) in [5, 5.41) is 2.93. The minimum atomic E-state index is -3.25. The molecule has 98 valence electrons. The first-order valence-electron chi connectivity index (χ1n) is 5.63. The van der Waals surface area contributed by atoms with Crippen LogP contribution in [0.25, 0.3) is 0 Å². The Morgan fingerprint density at radius 3 is 3.00 bits per heavy atom. The molecule has 2 aliphatic heterocycles. The molecule has 0 bridgehead atoms. The van der Waals surface area contributed by atoms with Crippen LogP contribution in [-0.2, 0) is 14.8 Å². The van der Waals surface area contributed by atoms with Gasteiger partial charge in [-0.25, -0.2) is 13.4 Å². The fourth-order valence-electron chi connectivity index (χ4n) is 1.91. The Kier molecular flexibility index (Phi) is 3.85. The zero-order valence-electron chi connectivity index (χ0n) is 9.85. The number of ether oxygens (including phenoxy) is 1. The number of sulfonamides is 1. The van der Waals surface area contributed by atoms with Gasteiger partial charge in [-0.3, -0.25) is 9.62 Å². The van der Waals surface area contributed by atoms with E-state index in [1.807, 2.05) is 0 Å². The lowest BCUT2D eigenvalue weighted by atomic mass is 10.2. The fraction of sp³-hybridized carbons (Fsp3) is 0.889. The Balaban J connectivity index is 1.79. The third-order valence-electron chi connectivity index (χ3n) is 2.67. The molecule has 1 saturated heterocycles. The number of hydrogen-bond acceptors (Lipinski definition) is 6. The van der Waals surface area contributed by atoms with Crippen LogP contribution in [-0.4, -0.2) is 58.1 Å². The average Bonchev–Trinajstić information content (AvgIpc) is 2.71. The second-order valence-corrected chi connectivity index (χ2v) is 6.09.